The van der Waals surface area contributed by atoms with Gasteiger partial charge in [0.05, 0.1) is 35.7 Å². The highest BCUT2D eigenvalue weighted by molar-refractivity contribution is 5.99. The first-order valence-electron chi connectivity index (χ1n) is 14.9. The van der Waals surface area contributed by atoms with E-state index < -0.39 is 22.8 Å². The summed E-state index contributed by atoms with van der Waals surface area (Å²) in [5.41, 5.74) is 5.18. The van der Waals surface area contributed by atoms with E-state index in [1.54, 1.807) is 19.9 Å². The summed E-state index contributed by atoms with van der Waals surface area (Å²) in [6, 6.07) is 24.3. The standard InChI is InChI=1S/C35H40N4O6/c1-24-12-8-9-17-30(24)36-18-20-38(23-27-13-6-5-7-14-27)19-11-21-45-35(41)32-26(3)37-25(2)31(34(40)44-4)33(32)28-15-10-16-29(22-28)39(42)43/h5-10,12-17,22,33,36-37H,11,18-21,23H2,1-4H3. The molecule has 0 saturated heterocycles. The maximum atomic E-state index is 13.6. The normalized spacial score (nSPS) is 14.6. The lowest BCUT2D eigenvalue weighted by Gasteiger charge is -2.30. The number of ether oxygens (including phenoxy) is 2. The summed E-state index contributed by atoms with van der Waals surface area (Å²) < 4.78 is 10.8. The van der Waals surface area contributed by atoms with Crippen LogP contribution in [-0.2, 0) is 25.6 Å². The van der Waals surface area contributed by atoms with E-state index in [1.165, 1.54) is 36.4 Å². The Kier molecular flexibility index (Phi) is 11.5. The lowest BCUT2D eigenvalue weighted by atomic mass is 9.80. The van der Waals surface area contributed by atoms with Crippen LogP contribution >= 0.6 is 0 Å². The smallest absolute Gasteiger partial charge is 0.336 e. The van der Waals surface area contributed by atoms with E-state index in [9.17, 15) is 19.7 Å². The molecule has 2 N–H and O–H groups in total. The van der Waals surface area contributed by atoms with Crippen LogP contribution < -0.4 is 10.6 Å². The van der Waals surface area contributed by atoms with E-state index in [0.717, 1.165) is 25.3 Å². The number of nitrogens with zero attached hydrogens (tertiary/aromatic N) is 2. The van der Waals surface area contributed by atoms with Crippen molar-refractivity contribution in [3.8, 4) is 0 Å². The largest absolute Gasteiger partial charge is 0.466 e. The first kappa shape index (κ1) is 32.9. The molecule has 45 heavy (non-hydrogen) atoms. The molecule has 0 spiro atoms. The van der Waals surface area contributed by atoms with Crippen molar-refractivity contribution in [3.63, 3.8) is 0 Å². The fourth-order valence-electron chi connectivity index (χ4n) is 5.56. The number of hydrogen-bond donors (Lipinski definition) is 2. The zero-order chi connectivity index (χ0) is 32.3. The molecule has 0 fully saturated rings. The van der Waals surface area contributed by atoms with Gasteiger partial charge in [0.1, 0.15) is 0 Å². The van der Waals surface area contributed by atoms with Crippen LogP contribution in [0.25, 0.3) is 0 Å². The Labute approximate surface area is 263 Å². The molecule has 0 radical (unpaired) electrons. The van der Waals surface area contributed by atoms with Crippen LogP contribution in [0.4, 0.5) is 11.4 Å². The van der Waals surface area contributed by atoms with Crippen LogP contribution in [0.3, 0.4) is 0 Å². The van der Waals surface area contributed by atoms with Gasteiger partial charge in [0, 0.05) is 55.4 Å². The molecular formula is C35H40N4O6. The molecule has 236 valence electrons. The van der Waals surface area contributed by atoms with E-state index in [-0.39, 0.29) is 23.4 Å². The molecule has 0 bridgehead atoms. The Balaban J connectivity index is 1.45. The second kappa shape index (κ2) is 15.7. The van der Waals surface area contributed by atoms with E-state index in [1.807, 2.05) is 30.3 Å². The summed E-state index contributed by atoms with van der Waals surface area (Å²) in [4.78, 5) is 39.8. The number of hydrogen-bond acceptors (Lipinski definition) is 9. The molecule has 0 amide bonds. The Morgan fingerprint density at radius 1 is 0.911 bits per heavy atom. The van der Waals surface area contributed by atoms with Crippen LogP contribution in [0.1, 0.15) is 42.9 Å². The molecular weight excluding hydrogens is 572 g/mol. The van der Waals surface area contributed by atoms with Gasteiger partial charge in [-0.2, -0.15) is 0 Å². The molecule has 4 rings (SSSR count). The molecule has 1 aliphatic heterocycles. The number of allylic oxidation sites excluding steroid dienone is 2. The second-order valence-electron chi connectivity index (χ2n) is 11.0. The molecule has 0 aliphatic carbocycles. The van der Waals surface area contributed by atoms with Crippen molar-refractivity contribution in [3.05, 3.63) is 128 Å². The minimum absolute atomic E-state index is 0.145. The molecule has 1 atom stereocenters. The minimum Gasteiger partial charge on any atom is -0.466 e. The first-order chi connectivity index (χ1) is 21.7. The number of methoxy groups -OCH3 is 1. The van der Waals surface area contributed by atoms with Gasteiger partial charge < -0.3 is 20.1 Å². The van der Waals surface area contributed by atoms with E-state index in [0.29, 0.717) is 29.9 Å². The van der Waals surface area contributed by atoms with Gasteiger partial charge in [-0.3, -0.25) is 15.0 Å². The molecule has 3 aromatic carbocycles. The number of esters is 2. The topological polar surface area (TPSA) is 123 Å². The number of benzene rings is 3. The van der Waals surface area contributed by atoms with Crippen LogP contribution in [0.2, 0.25) is 0 Å². The number of dihydropyridines is 1. The molecule has 10 nitrogen and oxygen atoms in total. The molecule has 10 heteroatoms. The van der Waals surface area contributed by atoms with Crippen molar-refractivity contribution >= 4 is 23.3 Å². The molecule has 0 saturated carbocycles. The number of non-ortho nitro benzene ring substituents is 1. The molecule has 1 unspecified atom stereocenters. The van der Waals surface area contributed by atoms with E-state index in [2.05, 4.69) is 46.7 Å². The van der Waals surface area contributed by atoms with E-state index >= 15 is 0 Å². The van der Waals surface area contributed by atoms with Crippen LogP contribution in [0, 0.1) is 17.0 Å². The number of rotatable bonds is 14. The Bertz CT molecular complexity index is 1580. The molecule has 3 aromatic rings. The maximum absolute atomic E-state index is 13.6. The third-order valence-electron chi connectivity index (χ3n) is 7.79. The number of anilines is 1. The lowest BCUT2D eigenvalue weighted by Crippen LogP contribution is -2.33. The van der Waals surface area contributed by atoms with Gasteiger partial charge >= 0.3 is 11.9 Å². The SMILES string of the molecule is COC(=O)C1=C(C)NC(C)=C(C(=O)OCCCN(CCNc2ccccc2C)Cc2ccccc2)C1c1cccc([N+](=O)[O-])c1. The molecule has 1 heterocycles. The summed E-state index contributed by atoms with van der Waals surface area (Å²) in [5.74, 6) is -2.13. The van der Waals surface area contributed by atoms with Gasteiger partial charge in [0.2, 0.25) is 0 Å². The predicted molar refractivity (Wildman–Crippen MR) is 173 cm³/mol. The van der Waals surface area contributed by atoms with Gasteiger partial charge in [-0.1, -0.05) is 60.7 Å². The van der Waals surface area contributed by atoms with Crippen molar-refractivity contribution in [1.82, 2.24) is 10.2 Å². The third kappa shape index (κ3) is 8.57. The van der Waals surface area contributed by atoms with Gasteiger partial charge in [-0.15, -0.1) is 0 Å². The summed E-state index contributed by atoms with van der Waals surface area (Å²) in [6.07, 6.45) is 0.586. The minimum atomic E-state index is -0.895. The third-order valence-corrected chi connectivity index (χ3v) is 7.79. The molecule has 1 aliphatic rings. The highest BCUT2D eigenvalue weighted by Crippen LogP contribution is 2.40. The fourth-order valence-corrected chi connectivity index (χ4v) is 5.56. The average molecular weight is 613 g/mol. The number of carbonyl (C=O) groups excluding carboxylic acids is 2. The monoisotopic (exact) mass is 612 g/mol. The zero-order valence-corrected chi connectivity index (χ0v) is 26.2. The number of aryl methyl sites for hydroxylation is 1. The maximum Gasteiger partial charge on any atom is 0.336 e. The average Bonchev–Trinajstić information content (AvgIpc) is 3.03. The number of carbonyl (C=O) groups is 2. The quantitative estimate of drug-likeness (QED) is 0.0998. The number of nitrogens with one attached hydrogen (secondary N) is 2. The summed E-state index contributed by atoms with van der Waals surface area (Å²) >= 11 is 0. The first-order valence-corrected chi connectivity index (χ1v) is 14.9. The highest BCUT2D eigenvalue weighted by Gasteiger charge is 2.38. The lowest BCUT2D eigenvalue weighted by molar-refractivity contribution is -0.384. The van der Waals surface area contributed by atoms with Crippen molar-refractivity contribution in [1.29, 1.82) is 0 Å². The predicted octanol–water partition coefficient (Wildman–Crippen LogP) is 5.86. The van der Waals surface area contributed by atoms with Gasteiger partial charge in [0.25, 0.3) is 5.69 Å². The van der Waals surface area contributed by atoms with Gasteiger partial charge in [-0.25, -0.2) is 9.59 Å². The van der Waals surface area contributed by atoms with Crippen LogP contribution in [-0.4, -0.2) is 55.1 Å². The number of nitro benzene ring substituents is 1. The fraction of sp³-hybridized carbons (Fsp3) is 0.314. The van der Waals surface area contributed by atoms with Crippen molar-refractivity contribution < 1.29 is 24.0 Å². The Morgan fingerprint density at radius 3 is 2.29 bits per heavy atom. The number of nitro groups is 1. The van der Waals surface area contributed by atoms with Gasteiger partial charge in [0.15, 0.2) is 0 Å². The van der Waals surface area contributed by atoms with E-state index in [4.69, 9.17) is 9.47 Å². The van der Waals surface area contributed by atoms with Crippen molar-refractivity contribution in [2.24, 2.45) is 0 Å². The van der Waals surface area contributed by atoms with Crippen LogP contribution in [0.5, 0.6) is 0 Å². The summed E-state index contributed by atoms with van der Waals surface area (Å²) in [7, 11) is 1.26. The van der Waals surface area contributed by atoms with Crippen LogP contribution in [0.15, 0.2) is 101 Å². The highest BCUT2D eigenvalue weighted by atomic mass is 16.6. The number of para-hydroxylation sites is 1. The Hall–Kier alpha value is -4.96. The van der Waals surface area contributed by atoms with Crippen molar-refractivity contribution in [2.45, 2.75) is 39.7 Å². The van der Waals surface area contributed by atoms with Gasteiger partial charge in [-0.05, 0) is 49.9 Å². The summed E-state index contributed by atoms with van der Waals surface area (Å²) in [6.45, 7) is 8.64. The second-order valence-corrected chi connectivity index (χ2v) is 11.0. The summed E-state index contributed by atoms with van der Waals surface area (Å²) in [5, 5.41) is 18.1. The Morgan fingerprint density at radius 2 is 1.60 bits per heavy atom. The molecule has 0 aromatic heterocycles. The zero-order valence-electron chi connectivity index (χ0n) is 26.2. The van der Waals surface area contributed by atoms with Crippen molar-refractivity contribution in [2.75, 3.05) is 38.7 Å².